The number of furan rings is 1. The van der Waals surface area contributed by atoms with Crippen molar-refractivity contribution in [3.63, 3.8) is 0 Å². The molecule has 0 radical (unpaired) electrons. The fourth-order valence-electron chi connectivity index (χ4n) is 1.44. The quantitative estimate of drug-likeness (QED) is 0.875. The lowest BCUT2D eigenvalue weighted by Gasteiger charge is -2.10. The van der Waals surface area contributed by atoms with Crippen LogP contribution in [-0.2, 0) is 0 Å². The van der Waals surface area contributed by atoms with Crippen LogP contribution in [-0.4, -0.2) is 15.9 Å². The normalized spacial score (nSPS) is 12.1. The molecule has 0 spiro atoms. The van der Waals surface area contributed by atoms with Gasteiger partial charge in [-0.1, -0.05) is 0 Å². The molecule has 2 aromatic rings. The number of aromatic nitrogens is 2. The molecule has 0 aliphatic rings. The Balaban J connectivity index is 2.04. The number of amides is 1. The smallest absolute Gasteiger partial charge is 0.272 e. The van der Waals surface area contributed by atoms with E-state index in [-0.39, 0.29) is 11.9 Å². The van der Waals surface area contributed by atoms with Gasteiger partial charge in [0.15, 0.2) is 0 Å². The van der Waals surface area contributed by atoms with Crippen molar-refractivity contribution in [2.75, 3.05) is 0 Å². The zero-order chi connectivity index (χ0) is 12.3. The highest BCUT2D eigenvalue weighted by Crippen LogP contribution is 2.15. The van der Waals surface area contributed by atoms with Gasteiger partial charge in [-0.05, 0) is 26.0 Å². The minimum absolute atomic E-state index is 0.196. The third-order valence-electron chi connectivity index (χ3n) is 2.33. The minimum Gasteiger partial charge on any atom is -0.464 e. The largest absolute Gasteiger partial charge is 0.464 e. The predicted octanol–water partition coefficient (Wildman–Crippen LogP) is 1.87. The van der Waals surface area contributed by atoms with Crippen molar-refractivity contribution in [1.82, 2.24) is 15.3 Å². The fourth-order valence-corrected chi connectivity index (χ4v) is 1.44. The maximum absolute atomic E-state index is 11.8. The van der Waals surface area contributed by atoms with E-state index in [1.807, 2.05) is 26.0 Å². The van der Waals surface area contributed by atoms with Crippen LogP contribution in [0.1, 0.15) is 35.0 Å². The van der Waals surface area contributed by atoms with E-state index in [0.29, 0.717) is 5.69 Å². The third kappa shape index (κ3) is 2.69. The molecule has 1 N–H and O–H groups in total. The molecule has 0 saturated heterocycles. The molecule has 0 bridgehead atoms. The van der Waals surface area contributed by atoms with Gasteiger partial charge < -0.3 is 9.73 Å². The van der Waals surface area contributed by atoms with Crippen molar-refractivity contribution in [1.29, 1.82) is 0 Å². The first-order valence-corrected chi connectivity index (χ1v) is 5.30. The minimum atomic E-state index is -0.264. The molecule has 2 heterocycles. The molecule has 88 valence electrons. The zero-order valence-corrected chi connectivity index (χ0v) is 9.68. The standard InChI is InChI=1S/C12H13N3O2/c1-8-3-4-11(17-8)9(2)15-12(16)10-7-13-5-6-14-10/h3-7,9H,1-2H3,(H,15,16)/t9-/m0/s1. The lowest BCUT2D eigenvalue weighted by Crippen LogP contribution is -2.27. The lowest BCUT2D eigenvalue weighted by atomic mass is 10.2. The van der Waals surface area contributed by atoms with Gasteiger partial charge in [0, 0.05) is 12.4 Å². The summed E-state index contributed by atoms with van der Waals surface area (Å²) in [4.78, 5) is 19.5. The maximum atomic E-state index is 11.8. The molecular weight excluding hydrogens is 218 g/mol. The Morgan fingerprint density at radius 2 is 2.24 bits per heavy atom. The van der Waals surface area contributed by atoms with Gasteiger partial charge in [-0.3, -0.25) is 9.78 Å². The van der Waals surface area contributed by atoms with Crippen LogP contribution in [0.2, 0.25) is 0 Å². The van der Waals surface area contributed by atoms with Gasteiger partial charge in [-0.2, -0.15) is 0 Å². The molecule has 0 aliphatic heterocycles. The second kappa shape index (κ2) is 4.78. The number of carbonyl (C=O) groups excluding carboxylic acids is 1. The first kappa shape index (κ1) is 11.3. The first-order valence-electron chi connectivity index (χ1n) is 5.30. The number of hydrogen-bond donors (Lipinski definition) is 1. The Hall–Kier alpha value is -2.17. The summed E-state index contributed by atoms with van der Waals surface area (Å²) in [6.45, 7) is 3.72. The second-order valence-corrected chi connectivity index (χ2v) is 3.73. The predicted molar refractivity (Wildman–Crippen MR) is 61.4 cm³/mol. The summed E-state index contributed by atoms with van der Waals surface area (Å²) >= 11 is 0. The Bertz CT molecular complexity index is 507. The zero-order valence-electron chi connectivity index (χ0n) is 9.68. The lowest BCUT2D eigenvalue weighted by molar-refractivity contribution is 0.0929. The van der Waals surface area contributed by atoms with E-state index in [4.69, 9.17) is 4.42 Å². The van der Waals surface area contributed by atoms with E-state index < -0.39 is 0 Å². The Morgan fingerprint density at radius 1 is 1.41 bits per heavy atom. The van der Waals surface area contributed by atoms with Crippen molar-refractivity contribution >= 4 is 5.91 Å². The van der Waals surface area contributed by atoms with Crippen molar-refractivity contribution < 1.29 is 9.21 Å². The molecule has 1 amide bonds. The molecule has 17 heavy (non-hydrogen) atoms. The van der Waals surface area contributed by atoms with E-state index in [9.17, 15) is 4.79 Å². The van der Waals surface area contributed by atoms with Gasteiger partial charge in [-0.15, -0.1) is 0 Å². The molecule has 2 rings (SSSR count). The number of nitrogens with zero attached hydrogens (tertiary/aromatic N) is 2. The summed E-state index contributed by atoms with van der Waals surface area (Å²) in [6.07, 6.45) is 4.43. The molecule has 0 fully saturated rings. The first-order chi connectivity index (χ1) is 8.16. The summed E-state index contributed by atoms with van der Waals surface area (Å²) in [6, 6.07) is 3.51. The Labute approximate surface area is 98.9 Å². The molecule has 5 nitrogen and oxygen atoms in total. The van der Waals surface area contributed by atoms with Gasteiger partial charge in [0.25, 0.3) is 5.91 Å². The number of nitrogens with one attached hydrogen (secondary N) is 1. The molecule has 2 aromatic heterocycles. The van der Waals surface area contributed by atoms with Crippen LogP contribution in [0.25, 0.3) is 0 Å². The fraction of sp³-hybridized carbons (Fsp3) is 0.250. The van der Waals surface area contributed by atoms with E-state index in [1.54, 1.807) is 0 Å². The van der Waals surface area contributed by atoms with Crippen LogP contribution in [0.4, 0.5) is 0 Å². The third-order valence-corrected chi connectivity index (χ3v) is 2.33. The summed E-state index contributed by atoms with van der Waals surface area (Å²) in [5.74, 6) is 1.28. The van der Waals surface area contributed by atoms with Crippen LogP contribution in [0.3, 0.4) is 0 Å². The molecule has 0 saturated carbocycles. The van der Waals surface area contributed by atoms with Crippen LogP contribution in [0.15, 0.2) is 35.1 Å². The molecular formula is C12H13N3O2. The van der Waals surface area contributed by atoms with Gasteiger partial charge in [0.2, 0.25) is 0 Å². The highest BCUT2D eigenvalue weighted by Gasteiger charge is 2.14. The highest BCUT2D eigenvalue weighted by molar-refractivity contribution is 5.92. The molecule has 1 atom stereocenters. The summed E-state index contributed by atoms with van der Waals surface area (Å²) in [5.41, 5.74) is 0.294. The van der Waals surface area contributed by atoms with Gasteiger partial charge >= 0.3 is 0 Å². The number of hydrogen-bond acceptors (Lipinski definition) is 4. The molecule has 0 aromatic carbocycles. The van der Waals surface area contributed by atoms with Gasteiger partial charge in [0.05, 0.1) is 12.2 Å². The number of carbonyl (C=O) groups is 1. The highest BCUT2D eigenvalue weighted by atomic mass is 16.3. The topological polar surface area (TPSA) is 68.0 Å². The van der Waals surface area contributed by atoms with E-state index in [2.05, 4.69) is 15.3 Å². The molecule has 0 aliphatic carbocycles. The average molecular weight is 231 g/mol. The van der Waals surface area contributed by atoms with Crippen molar-refractivity contribution in [2.24, 2.45) is 0 Å². The molecule has 0 unspecified atom stereocenters. The van der Waals surface area contributed by atoms with E-state index >= 15 is 0 Å². The van der Waals surface area contributed by atoms with Gasteiger partial charge in [-0.25, -0.2) is 4.98 Å². The number of rotatable bonds is 3. The van der Waals surface area contributed by atoms with Gasteiger partial charge in [0.1, 0.15) is 17.2 Å². The van der Waals surface area contributed by atoms with Crippen molar-refractivity contribution in [3.8, 4) is 0 Å². The Kier molecular flexibility index (Phi) is 3.18. The molecule has 5 heteroatoms. The van der Waals surface area contributed by atoms with E-state index in [0.717, 1.165) is 11.5 Å². The SMILES string of the molecule is Cc1ccc([C@H](C)NC(=O)c2cnccn2)o1. The van der Waals surface area contributed by atoms with Crippen molar-refractivity contribution in [3.05, 3.63) is 47.9 Å². The average Bonchev–Trinajstić information content (AvgIpc) is 2.77. The van der Waals surface area contributed by atoms with Crippen LogP contribution < -0.4 is 5.32 Å². The number of aryl methyl sites for hydroxylation is 1. The summed E-state index contributed by atoms with van der Waals surface area (Å²) in [5, 5.41) is 2.79. The van der Waals surface area contributed by atoms with E-state index in [1.165, 1.54) is 18.6 Å². The second-order valence-electron chi connectivity index (χ2n) is 3.73. The van der Waals surface area contributed by atoms with Crippen LogP contribution in [0, 0.1) is 6.92 Å². The summed E-state index contributed by atoms with van der Waals surface area (Å²) < 4.78 is 5.43. The van der Waals surface area contributed by atoms with Crippen LogP contribution >= 0.6 is 0 Å². The monoisotopic (exact) mass is 231 g/mol. The maximum Gasteiger partial charge on any atom is 0.272 e. The van der Waals surface area contributed by atoms with Crippen molar-refractivity contribution in [2.45, 2.75) is 19.9 Å². The summed E-state index contributed by atoms with van der Waals surface area (Å²) in [7, 11) is 0. The Morgan fingerprint density at radius 3 is 2.82 bits per heavy atom. The van der Waals surface area contributed by atoms with Crippen LogP contribution in [0.5, 0.6) is 0 Å².